The van der Waals surface area contributed by atoms with Gasteiger partial charge in [-0.1, -0.05) is 6.07 Å². The van der Waals surface area contributed by atoms with Crippen LogP contribution in [0.5, 0.6) is 17.2 Å². The van der Waals surface area contributed by atoms with Gasteiger partial charge in [0.2, 0.25) is 0 Å². The van der Waals surface area contributed by atoms with E-state index in [0.29, 0.717) is 17.4 Å². The minimum absolute atomic E-state index is 0.197. The van der Waals surface area contributed by atoms with Crippen molar-refractivity contribution in [2.75, 3.05) is 24.5 Å². The van der Waals surface area contributed by atoms with Crippen LogP contribution >= 0.6 is 0 Å². The molecule has 2 N–H and O–H groups in total. The molecule has 1 aliphatic rings. The molecular formula is C25H26N4O2. The van der Waals surface area contributed by atoms with Gasteiger partial charge in [-0.05, 0) is 74.3 Å². The van der Waals surface area contributed by atoms with Crippen LogP contribution in [-0.2, 0) is 0 Å². The third-order valence-electron chi connectivity index (χ3n) is 5.55. The molecule has 0 spiro atoms. The maximum atomic E-state index is 9.60. The van der Waals surface area contributed by atoms with E-state index in [9.17, 15) is 10.4 Å². The fourth-order valence-corrected chi connectivity index (χ4v) is 3.91. The zero-order chi connectivity index (χ0) is 21.6. The average Bonchev–Trinajstić information content (AvgIpc) is 3.32. The molecule has 1 aromatic heterocycles. The van der Waals surface area contributed by atoms with Crippen LogP contribution in [0.2, 0.25) is 0 Å². The maximum Gasteiger partial charge on any atom is 0.151 e. The van der Waals surface area contributed by atoms with E-state index in [4.69, 9.17) is 4.74 Å². The summed E-state index contributed by atoms with van der Waals surface area (Å²) in [5.41, 5.74) is 3.32. The van der Waals surface area contributed by atoms with E-state index in [1.807, 2.05) is 18.2 Å². The number of nitriles is 1. The number of rotatable bonds is 7. The lowest BCUT2D eigenvalue weighted by atomic mass is 10.0. The number of ether oxygens (including phenoxy) is 1. The van der Waals surface area contributed by atoms with Gasteiger partial charge in [0.25, 0.3) is 0 Å². The summed E-state index contributed by atoms with van der Waals surface area (Å²) in [6, 6.07) is 17.3. The maximum absolute atomic E-state index is 9.60. The van der Waals surface area contributed by atoms with Gasteiger partial charge in [0.05, 0.1) is 11.3 Å². The smallest absolute Gasteiger partial charge is 0.151 e. The van der Waals surface area contributed by atoms with Gasteiger partial charge in [-0.25, -0.2) is 0 Å². The van der Waals surface area contributed by atoms with Crippen molar-refractivity contribution in [2.45, 2.75) is 25.8 Å². The molecule has 2 heterocycles. The summed E-state index contributed by atoms with van der Waals surface area (Å²) in [5.74, 6) is 1.57. The van der Waals surface area contributed by atoms with E-state index >= 15 is 0 Å². The molecule has 1 aliphatic heterocycles. The number of pyridine rings is 1. The standard InChI is InChI=1S/C25H26N4O2/c1-2-29(17-21-4-3-11-28-21)24-10-5-19(20-12-18(14-26)15-27-16-20)13-25(24)31-23-8-6-22(30)7-9-23/h5-10,12-13,15-16,21,28,30H,2-4,11,17H2,1H3/t21-/m0/s1. The van der Waals surface area contributed by atoms with Crippen molar-refractivity contribution in [1.82, 2.24) is 10.3 Å². The summed E-state index contributed by atoms with van der Waals surface area (Å²) in [6.45, 7) is 4.98. The molecule has 4 rings (SSSR count). The molecule has 3 aromatic rings. The van der Waals surface area contributed by atoms with Gasteiger partial charge < -0.3 is 20.1 Å². The minimum Gasteiger partial charge on any atom is -0.508 e. The van der Waals surface area contributed by atoms with E-state index in [-0.39, 0.29) is 5.75 Å². The van der Waals surface area contributed by atoms with Crippen molar-refractivity contribution in [1.29, 1.82) is 5.26 Å². The first-order chi connectivity index (χ1) is 15.2. The Bertz CT molecular complexity index is 1070. The summed E-state index contributed by atoms with van der Waals surface area (Å²) < 4.78 is 6.27. The Kier molecular flexibility index (Phi) is 6.34. The number of phenolic OH excluding ortho intramolecular Hbond substituents is 1. The Morgan fingerprint density at radius 1 is 1.16 bits per heavy atom. The molecule has 6 heteroatoms. The number of hydrogen-bond acceptors (Lipinski definition) is 6. The zero-order valence-corrected chi connectivity index (χ0v) is 17.6. The SMILES string of the molecule is CCN(C[C@@H]1CCCN1)c1ccc(-c2cncc(C#N)c2)cc1Oc1ccc(O)cc1. The third-order valence-corrected chi connectivity index (χ3v) is 5.55. The number of nitrogens with one attached hydrogen (secondary N) is 1. The van der Waals surface area contributed by atoms with Crippen molar-refractivity contribution in [3.63, 3.8) is 0 Å². The molecular weight excluding hydrogens is 388 g/mol. The number of likely N-dealkylation sites (N-methyl/N-ethyl adjacent to an activating group) is 1. The largest absolute Gasteiger partial charge is 0.508 e. The topological polar surface area (TPSA) is 81.4 Å². The van der Waals surface area contributed by atoms with Crippen LogP contribution in [0.3, 0.4) is 0 Å². The molecule has 1 fully saturated rings. The predicted molar refractivity (Wildman–Crippen MR) is 121 cm³/mol. The zero-order valence-electron chi connectivity index (χ0n) is 17.6. The number of benzene rings is 2. The molecule has 0 radical (unpaired) electrons. The lowest BCUT2D eigenvalue weighted by Crippen LogP contribution is -2.37. The van der Waals surface area contributed by atoms with E-state index in [1.165, 1.54) is 12.8 Å². The molecule has 1 atom stereocenters. The van der Waals surface area contributed by atoms with Crippen molar-refractivity contribution >= 4 is 5.69 Å². The quantitative estimate of drug-likeness (QED) is 0.583. The Morgan fingerprint density at radius 3 is 2.71 bits per heavy atom. The second kappa shape index (κ2) is 9.50. The Morgan fingerprint density at radius 2 is 2.00 bits per heavy atom. The number of nitrogens with zero attached hydrogens (tertiary/aromatic N) is 3. The van der Waals surface area contributed by atoms with Crippen LogP contribution in [0.15, 0.2) is 60.9 Å². The van der Waals surface area contributed by atoms with Gasteiger partial charge in [-0.3, -0.25) is 4.98 Å². The van der Waals surface area contributed by atoms with Crippen molar-refractivity contribution in [3.05, 3.63) is 66.5 Å². The highest BCUT2D eigenvalue weighted by Crippen LogP contribution is 2.37. The van der Waals surface area contributed by atoms with E-state index in [2.05, 4.69) is 34.3 Å². The number of anilines is 1. The molecule has 1 saturated heterocycles. The summed E-state index contributed by atoms with van der Waals surface area (Å²) >= 11 is 0. The van der Waals surface area contributed by atoms with Crippen molar-refractivity contribution in [3.8, 4) is 34.4 Å². The van der Waals surface area contributed by atoms with Crippen LogP contribution in [-0.4, -0.2) is 35.8 Å². The van der Waals surface area contributed by atoms with Crippen LogP contribution < -0.4 is 15.0 Å². The molecule has 0 saturated carbocycles. The third kappa shape index (κ3) is 4.96. The second-order valence-electron chi connectivity index (χ2n) is 7.68. The normalized spacial score (nSPS) is 15.4. The minimum atomic E-state index is 0.197. The van der Waals surface area contributed by atoms with Gasteiger partial charge in [0, 0.05) is 37.1 Å². The first-order valence-corrected chi connectivity index (χ1v) is 10.6. The molecule has 2 aromatic carbocycles. The Hall–Kier alpha value is -3.56. The first kappa shape index (κ1) is 20.7. The molecule has 0 aliphatic carbocycles. The highest BCUT2D eigenvalue weighted by molar-refractivity contribution is 5.72. The number of hydrogen-bond donors (Lipinski definition) is 2. The number of aromatic hydroxyl groups is 1. The van der Waals surface area contributed by atoms with Gasteiger partial charge in [0.15, 0.2) is 5.75 Å². The lowest BCUT2D eigenvalue weighted by molar-refractivity contribution is 0.463. The Labute approximate surface area is 182 Å². The van der Waals surface area contributed by atoms with Crippen molar-refractivity contribution in [2.24, 2.45) is 0 Å². The molecule has 6 nitrogen and oxygen atoms in total. The molecule has 0 amide bonds. The van der Waals surface area contributed by atoms with Crippen LogP contribution in [0.1, 0.15) is 25.3 Å². The average molecular weight is 415 g/mol. The fourth-order valence-electron chi connectivity index (χ4n) is 3.91. The van der Waals surface area contributed by atoms with Crippen LogP contribution in [0.25, 0.3) is 11.1 Å². The van der Waals surface area contributed by atoms with Crippen molar-refractivity contribution < 1.29 is 9.84 Å². The van der Waals surface area contributed by atoms with Gasteiger partial charge >= 0.3 is 0 Å². The number of aromatic nitrogens is 1. The molecule has 0 unspecified atom stereocenters. The summed E-state index contributed by atoms with van der Waals surface area (Å²) in [6.07, 6.45) is 5.69. The van der Waals surface area contributed by atoms with E-state index in [1.54, 1.807) is 36.7 Å². The first-order valence-electron chi connectivity index (χ1n) is 10.6. The van der Waals surface area contributed by atoms with E-state index < -0.39 is 0 Å². The van der Waals surface area contributed by atoms with E-state index in [0.717, 1.165) is 42.2 Å². The predicted octanol–water partition coefficient (Wildman–Crippen LogP) is 4.70. The second-order valence-corrected chi connectivity index (χ2v) is 7.68. The van der Waals surface area contributed by atoms with Crippen LogP contribution in [0.4, 0.5) is 5.69 Å². The molecule has 31 heavy (non-hydrogen) atoms. The summed E-state index contributed by atoms with van der Waals surface area (Å²) in [7, 11) is 0. The van der Waals surface area contributed by atoms with Gasteiger partial charge in [0.1, 0.15) is 17.6 Å². The summed E-state index contributed by atoms with van der Waals surface area (Å²) in [5, 5.41) is 22.4. The van der Waals surface area contributed by atoms with Crippen LogP contribution in [0, 0.1) is 11.3 Å². The summed E-state index contributed by atoms with van der Waals surface area (Å²) in [4.78, 5) is 6.51. The fraction of sp³-hybridized carbons (Fsp3) is 0.280. The highest BCUT2D eigenvalue weighted by Gasteiger charge is 2.20. The lowest BCUT2D eigenvalue weighted by Gasteiger charge is -2.28. The monoisotopic (exact) mass is 414 g/mol. The number of phenols is 1. The molecule has 158 valence electrons. The highest BCUT2D eigenvalue weighted by atomic mass is 16.5. The van der Waals surface area contributed by atoms with Gasteiger partial charge in [-0.15, -0.1) is 0 Å². The van der Waals surface area contributed by atoms with Gasteiger partial charge in [-0.2, -0.15) is 5.26 Å². The molecule has 0 bridgehead atoms. The Balaban J connectivity index is 1.71.